The van der Waals surface area contributed by atoms with Crippen molar-refractivity contribution >= 4 is 28.6 Å². The number of aromatic nitrogens is 1. The molecule has 1 N–H and O–H groups in total. The molecule has 4 rings (SSSR count). The molecule has 2 aromatic carbocycles. The smallest absolute Gasteiger partial charge is 0.417 e. The number of carbonyl (C=O) groups is 1. The number of methoxy groups -OCH3 is 1. The van der Waals surface area contributed by atoms with Crippen molar-refractivity contribution in [1.82, 2.24) is 9.88 Å². The van der Waals surface area contributed by atoms with E-state index in [1.54, 1.807) is 43.6 Å². The Balaban J connectivity index is 1.35. The van der Waals surface area contributed by atoms with Gasteiger partial charge >= 0.3 is 12.1 Å². The fourth-order valence-corrected chi connectivity index (χ4v) is 6.45. The van der Waals surface area contributed by atoms with E-state index in [0.717, 1.165) is 24.2 Å². The zero-order valence-corrected chi connectivity index (χ0v) is 22.5. The number of likely N-dealkylation sites (tertiary alicyclic amines) is 1. The van der Waals surface area contributed by atoms with Crippen LogP contribution in [-0.4, -0.2) is 53.5 Å². The summed E-state index contributed by atoms with van der Waals surface area (Å²) in [6.45, 7) is 1.79. The van der Waals surface area contributed by atoms with Gasteiger partial charge in [0.05, 0.1) is 18.2 Å². The van der Waals surface area contributed by atoms with Gasteiger partial charge in [0, 0.05) is 41.7 Å². The summed E-state index contributed by atoms with van der Waals surface area (Å²) >= 11 is 1.16. The molecule has 5 nitrogen and oxygen atoms in total. The van der Waals surface area contributed by atoms with Crippen molar-refractivity contribution in [1.29, 1.82) is 0 Å². The standard InChI is InChI=1S/C29H32F4N2O3S/c1-38-21-7-9-26-23(17-21)22(10-12-34-26)25(30)8-6-19-11-13-35(18-20(19)16-28(36)37)14-15-39-27-5-3-2-4-24(27)29(31,32)33/h2-5,7,9-10,12,17,19-20,25H,6,8,11,13-16,18H2,1H3,(H,36,37)/t19-,20+,25-/m1/s1. The molecule has 1 aliphatic heterocycles. The lowest BCUT2D eigenvalue weighted by Crippen LogP contribution is -2.42. The lowest BCUT2D eigenvalue weighted by molar-refractivity contribution is -0.140. The van der Waals surface area contributed by atoms with Crippen LogP contribution >= 0.6 is 11.8 Å². The molecule has 39 heavy (non-hydrogen) atoms. The summed E-state index contributed by atoms with van der Waals surface area (Å²) in [7, 11) is 1.55. The zero-order valence-electron chi connectivity index (χ0n) is 21.7. The summed E-state index contributed by atoms with van der Waals surface area (Å²) in [6.07, 6.45) is -2.52. The number of thioether (sulfide) groups is 1. The summed E-state index contributed by atoms with van der Waals surface area (Å²) in [5.41, 5.74) is 0.588. The van der Waals surface area contributed by atoms with Crippen molar-refractivity contribution in [2.24, 2.45) is 11.8 Å². The molecule has 3 aromatic rings. The summed E-state index contributed by atoms with van der Waals surface area (Å²) in [4.78, 5) is 18.2. The first kappa shape index (κ1) is 29.1. The molecule has 0 bridgehead atoms. The second kappa shape index (κ2) is 13.0. The van der Waals surface area contributed by atoms with E-state index in [1.165, 1.54) is 12.1 Å². The third-order valence-electron chi connectivity index (χ3n) is 7.38. The predicted molar refractivity (Wildman–Crippen MR) is 144 cm³/mol. The molecule has 0 spiro atoms. The molecule has 0 saturated carbocycles. The largest absolute Gasteiger partial charge is 0.497 e. The number of carboxylic acid groups (broad SMARTS) is 1. The molecule has 1 aliphatic rings. The summed E-state index contributed by atoms with van der Waals surface area (Å²) in [5.74, 6) is 0.0900. The van der Waals surface area contributed by atoms with Crippen LogP contribution in [0.1, 0.15) is 43.0 Å². The van der Waals surface area contributed by atoms with Gasteiger partial charge in [-0.05, 0) is 79.6 Å². The van der Waals surface area contributed by atoms with Crippen LogP contribution in [0.3, 0.4) is 0 Å². The van der Waals surface area contributed by atoms with E-state index >= 15 is 4.39 Å². The number of aliphatic carboxylic acids is 1. The van der Waals surface area contributed by atoms with Crippen molar-refractivity contribution in [3.63, 3.8) is 0 Å². The molecule has 10 heteroatoms. The van der Waals surface area contributed by atoms with Crippen LogP contribution in [-0.2, 0) is 11.0 Å². The average molecular weight is 565 g/mol. The monoisotopic (exact) mass is 564 g/mol. The maximum absolute atomic E-state index is 15.5. The number of fused-ring (bicyclic) bond motifs is 1. The van der Waals surface area contributed by atoms with E-state index in [9.17, 15) is 23.1 Å². The Morgan fingerprint density at radius 1 is 1.21 bits per heavy atom. The third-order valence-corrected chi connectivity index (χ3v) is 8.43. The Kier molecular flexibility index (Phi) is 9.71. The Morgan fingerprint density at radius 2 is 2.00 bits per heavy atom. The van der Waals surface area contributed by atoms with Gasteiger partial charge in [-0.3, -0.25) is 9.78 Å². The van der Waals surface area contributed by atoms with Crippen molar-refractivity contribution in [2.45, 2.75) is 42.9 Å². The number of rotatable bonds is 11. The van der Waals surface area contributed by atoms with Gasteiger partial charge in [-0.2, -0.15) is 13.2 Å². The molecule has 0 unspecified atom stereocenters. The minimum absolute atomic E-state index is 0.0163. The minimum atomic E-state index is -4.41. The molecule has 0 amide bonds. The van der Waals surface area contributed by atoms with Gasteiger partial charge in [-0.25, -0.2) is 4.39 Å². The lowest BCUT2D eigenvalue weighted by Gasteiger charge is -2.38. The number of hydrogen-bond acceptors (Lipinski definition) is 5. The highest BCUT2D eigenvalue weighted by Crippen LogP contribution is 2.38. The number of ether oxygens (including phenoxy) is 1. The van der Waals surface area contributed by atoms with E-state index < -0.39 is 23.9 Å². The number of carboxylic acids is 1. The van der Waals surface area contributed by atoms with E-state index in [1.807, 2.05) is 0 Å². The van der Waals surface area contributed by atoms with Gasteiger partial charge in [0.25, 0.3) is 0 Å². The first-order valence-corrected chi connectivity index (χ1v) is 13.9. The quantitative estimate of drug-likeness (QED) is 0.195. The Bertz CT molecular complexity index is 1270. The van der Waals surface area contributed by atoms with Crippen LogP contribution in [0.25, 0.3) is 10.9 Å². The van der Waals surface area contributed by atoms with E-state index in [0.29, 0.717) is 54.0 Å². The lowest BCUT2D eigenvalue weighted by atomic mass is 9.79. The predicted octanol–water partition coefficient (Wildman–Crippen LogP) is 7.26. The molecule has 2 heterocycles. The average Bonchev–Trinajstić information content (AvgIpc) is 2.91. The molecule has 1 saturated heterocycles. The molecule has 1 aromatic heterocycles. The van der Waals surface area contributed by atoms with Crippen LogP contribution < -0.4 is 4.74 Å². The van der Waals surface area contributed by atoms with Gasteiger partial charge in [0.15, 0.2) is 0 Å². The van der Waals surface area contributed by atoms with Crippen LogP contribution in [0, 0.1) is 11.8 Å². The van der Waals surface area contributed by atoms with Crippen molar-refractivity contribution in [3.8, 4) is 5.75 Å². The fourth-order valence-electron chi connectivity index (χ4n) is 5.37. The first-order chi connectivity index (χ1) is 18.7. The Hall–Kier alpha value is -2.85. The molecular formula is C29H32F4N2O3S. The molecular weight excluding hydrogens is 532 g/mol. The number of alkyl halides is 4. The number of nitrogens with zero attached hydrogens (tertiary/aromatic N) is 2. The fraction of sp³-hybridized carbons (Fsp3) is 0.448. The maximum atomic E-state index is 15.5. The van der Waals surface area contributed by atoms with Gasteiger partial charge in [0.2, 0.25) is 0 Å². The maximum Gasteiger partial charge on any atom is 0.417 e. The topological polar surface area (TPSA) is 62.7 Å². The van der Waals surface area contributed by atoms with Crippen molar-refractivity contribution in [2.75, 3.05) is 32.5 Å². The van der Waals surface area contributed by atoms with Gasteiger partial charge in [-0.15, -0.1) is 11.8 Å². The summed E-state index contributed by atoms with van der Waals surface area (Å²) in [6, 6.07) is 12.6. The normalized spacial score (nSPS) is 19.2. The summed E-state index contributed by atoms with van der Waals surface area (Å²) < 4.78 is 60.6. The Labute approximate surface area is 229 Å². The SMILES string of the molecule is COc1ccc2nccc([C@H](F)CC[C@@H]3CCN(CCSc4ccccc4C(F)(F)F)C[C@@H]3CC(=O)O)c2c1. The van der Waals surface area contributed by atoms with Crippen LogP contribution in [0.2, 0.25) is 0 Å². The summed E-state index contributed by atoms with van der Waals surface area (Å²) in [5, 5.41) is 10.2. The first-order valence-electron chi connectivity index (χ1n) is 13.0. The van der Waals surface area contributed by atoms with E-state index in [4.69, 9.17) is 4.74 Å². The Morgan fingerprint density at radius 3 is 2.74 bits per heavy atom. The number of pyridine rings is 1. The zero-order chi connectivity index (χ0) is 28.0. The van der Waals surface area contributed by atoms with Crippen molar-refractivity contribution < 1.29 is 32.2 Å². The number of halogens is 4. The van der Waals surface area contributed by atoms with Crippen LogP contribution in [0.15, 0.2) is 59.6 Å². The molecule has 0 radical (unpaired) electrons. The van der Waals surface area contributed by atoms with E-state index in [-0.39, 0.29) is 29.6 Å². The number of benzene rings is 2. The third kappa shape index (κ3) is 7.63. The highest BCUT2D eigenvalue weighted by atomic mass is 32.2. The van der Waals surface area contributed by atoms with Gasteiger partial charge < -0.3 is 14.7 Å². The molecule has 0 aliphatic carbocycles. The van der Waals surface area contributed by atoms with Crippen LogP contribution in [0.4, 0.5) is 17.6 Å². The molecule has 210 valence electrons. The van der Waals surface area contributed by atoms with Crippen LogP contribution in [0.5, 0.6) is 5.75 Å². The highest BCUT2D eigenvalue weighted by Gasteiger charge is 2.34. The minimum Gasteiger partial charge on any atom is -0.497 e. The van der Waals surface area contributed by atoms with E-state index in [2.05, 4.69) is 9.88 Å². The second-order valence-corrected chi connectivity index (χ2v) is 11.0. The molecule has 3 atom stereocenters. The van der Waals surface area contributed by atoms with Gasteiger partial charge in [0.1, 0.15) is 11.9 Å². The van der Waals surface area contributed by atoms with Crippen molar-refractivity contribution in [3.05, 3.63) is 65.9 Å². The van der Waals surface area contributed by atoms with Gasteiger partial charge in [-0.1, -0.05) is 12.1 Å². The second-order valence-electron chi connectivity index (χ2n) is 9.88. The number of piperidine rings is 1. The highest BCUT2D eigenvalue weighted by molar-refractivity contribution is 7.99. The number of hydrogen-bond donors (Lipinski definition) is 1. The molecule has 1 fully saturated rings.